The van der Waals surface area contributed by atoms with Crippen LogP contribution in [0.3, 0.4) is 0 Å². The number of carbonyl (C=O) groups is 1. The molecule has 0 saturated carbocycles. The van der Waals surface area contributed by atoms with Crippen LogP contribution in [-0.2, 0) is 6.54 Å². The average Bonchev–Trinajstić information content (AvgIpc) is 2.90. The first kappa shape index (κ1) is 16.4. The van der Waals surface area contributed by atoms with Crippen LogP contribution < -0.4 is 9.47 Å². The van der Waals surface area contributed by atoms with E-state index in [9.17, 15) is 4.79 Å². The minimum absolute atomic E-state index is 0.117. The van der Waals surface area contributed by atoms with Crippen molar-refractivity contribution in [2.24, 2.45) is 0 Å². The topological polar surface area (TPSA) is 51.7 Å². The van der Waals surface area contributed by atoms with Crippen LogP contribution in [0.1, 0.15) is 22.5 Å². The Kier molecular flexibility index (Phi) is 4.44. The third-order valence-electron chi connectivity index (χ3n) is 4.44. The van der Waals surface area contributed by atoms with Crippen LogP contribution in [0.15, 0.2) is 54.7 Å². The maximum absolute atomic E-state index is 13.0. The molecule has 0 spiro atoms. The van der Waals surface area contributed by atoms with Gasteiger partial charge in [-0.25, -0.2) is 0 Å². The van der Waals surface area contributed by atoms with Crippen LogP contribution in [0.2, 0.25) is 0 Å². The monoisotopic (exact) mass is 348 g/mol. The molecule has 1 aliphatic heterocycles. The summed E-state index contributed by atoms with van der Waals surface area (Å²) < 4.78 is 11.5. The molecule has 3 aromatic rings. The minimum Gasteiger partial charge on any atom is -0.490 e. The Morgan fingerprint density at radius 3 is 2.58 bits per heavy atom. The Morgan fingerprint density at radius 2 is 1.81 bits per heavy atom. The molecule has 0 saturated heterocycles. The summed E-state index contributed by atoms with van der Waals surface area (Å²) in [4.78, 5) is 19.0. The van der Waals surface area contributed by atoms with E-state index in [0.29, 0.717) is 31.2 Å². The molecule has 0 atom stereocenters. The van der Waals surface area contributed by atoms with Gasteiger partial charge in [0.05, 0.1) is 13.2 Å². The number of nitrogens with zero attached hydrogens (tertiary/aromatic N) is 2. The van der Waals surface area contributed by atoms with Gasteiger partial charge in [0.15, 0.2) is 11.5 Å². The fourth-order valence-corrected chi connectivity index (χ4v) is 3.11. The highest BCUT2D eigenvalue weighted by Crippen LogP contribution is 2.35. The van der Waals surface area contributed by atoms with Crippen LogP contribution in [-0.4, -0.2) is 36.1 Å². The number of amides is 1. The number of carbonyl (C=O) groups excluding carboxylic acids is 1. The second-order valence-electron chi connectivity index (χ2n) is 6.38. The number of fused-ring (bicyclic) bond motifs is 2. The van der Waals surface area contributed by atoms with E-state index in [4.69, 9.17) is 9.47 Å². The molecule has 26 heavy (non-hydrogen) atoms. The van der Waals surface area contributed by atoms with Crippen LogP contribution in [0.25, 0.3) is 10.8 Å². The molecule has 0 aliphatic carbocycles. The number of hydrogen-bond acceptors (Lipinski definition) is 4. The molecule has 0 unspecified atom stereocenters. The molecule has 1 aliphatic rings. The molecule has 4 rings (SSSR count). The molecule has 0 fully saturated rings. The largest absolute Gasteiger partial charge is 0.490 e. The Morgan fingerprint density at radius 1 is 1.08 bits per heavy atom. The lowest BCUT2D eigenvalue weighted by Crippen LogP contribution is -2.27. The van der Waals surface area contributed by atoms with E-state index in [0.717, 1.165) is 28.5 Å². The van der Waals surface area contributed by atoms with Gasteiger partial charge in [-0.3, -0.25) is 9.78 Å². The molecule has 1 aromatic heterocycles. The summed E-state index contributed by atoms with van der Waals surface area (Å²) >= 11 is 0. The Hall–Kier alpha value is -3.08. The van der Waals surface area contributed by atoms with Crippen LogP contribution >= 0.6 is 0 Å². The molecule has 2 heterocycles. The normalized spacial score (nSPS) is 13.3. The highest BCUT2D eigenvalue weighted by Gasteiger charge is 2.19. The van der Waals surface area contributed by atoms with Crippen molar-refractivity contribution in [1.29, 1.82) is 0 Å². The van der Waals surface area contributed by atoms with Crippen molar-refractivity contribution in [1.82, 2.24) is 9.88 Å². The Bertz CT molecular complexity index is 941. The lowest BCUT2D eigenvalue weighted by atomic mass is 10.1. The van der Waals surface area contributed by atoms with E-state index in [1.165, 1.54) is 0 Å². The number of hydrogen-bond donors (Lipinski definition) is 0. The lowest BCUT2D eigenvalue weighted by Gasteiger charge is -2.18. The van der Waals surface area contributed by atoms with Gasteiger partial charge in [-0.1, -0.05) is 30.3 Å². The van der Waals surface area contributed by atoms with Gasteiger partial charge in [0.25, 0.3) is 5.91 Å². The smallest absolute Gasteiger partial charge is 0.273 e. The van der Waals surface area contributed by atoms with Crippen molar-refractivity contribution in [2.75, 3.05) is 20.3 Å². The van der Waals surface area contributed by atoms with Crippen molar-refractivity contribution in [3.05, 3.63) is 66.0 Å². The molecule has 0 bridgehead atoms. The molecule has 1 amide bonds. The van der Waals surface area contributed by atoms with Crippen LogP contribution in [0, 0.1) is 0 Å². The van der Waals surface area contributed by atoms with E-state index in [-0.39, 0.29) is 5.91 Å². The van der Waals surface area contributed by atoms with Gasteiger partial charge in [0.1, 0.15) is 5.69 Å². The zero-order valence-electron chi connectivity index (χ0n) is 14.6. The zero-order valence-corrected chi connectivity index (χ0v) is 14.6. The molecule has 2 aromatic carbocycles. The van der Waals surface area contributed by atoms with Crippen LogP contribution in [0.4, 0.5) is 0 Å². The summed E-state index contributed by atoms with van der Waals surface area (Å²) in [6.45, 7) is 1.77. The van der Waals surface area contributed by atoms with E-state index in [1.54, 1.807) is 18.1 Å². The van der Waals surface area contributed by atoms with Crippen LogP contribution in [0.5, 0.6) is 11.5 Å². The predicted molar refractivity (Wildman–Crippen MR) is 99.6 cm³/mol. The third-order valence-corrected chi connectivity index (χ3v) is 4.44. The lowest BCUT2D eigenvalue weighted by molar-refractivity contribution is 0.0781. The fraction of sp³-hybridized carbons (Fsp3) is 0.238. The van der Waals surface area contributed by atoms with E-state index in [1.807, 2.05) is 48.5 Å². The van der Waals surface area contributed by atoms with E-state index >= 15 is 0 Å². The highest BCUT2D eigenvalue weighted by molar-refractivity contribution is 6.05. The summed E-state index contributed by atoms with van der Waals surface area (Å²) in [7, 11) is 1.79. The second-order valence-corrected chi connectivity index (χ2v) is 6.38. The number of ether oxygens (including phenoxy) is 2. The molecular weight excluding hydrogens is 328 g/mol. The van der Waals surface area contributed by atoms with Gasteiger partial charge in [0, 0.05) is 31.6 Å². The molecule has 0 radical (unpaired) electrons. The predicted octanol–water partition coefficient (Wildman–Crippen LogP) is 3.67. The molecule has 132 valence electrons. The SMILES string of the molecule is CN(Cc1ccccc1)C(=O)c1nccc2cc3c(cc12)OCCCO3. The Labute approximate surface area is 152 Å². The number of aromatic nitrogens is 1. The maximum atomic E-state index is 13.0. The van der Waals surface area contributed by atoms with Crippen molar-refractivity contribution >= 4 is 16.7 Å². The van der Waals surface area contributed by atoms with Gasteiger partial charge in [-0.05, 0) is 29.1 Å². The third kappa shape index (κ3) is 3.20. The summed E-state index contributed by atoms with van der Waals surface area (Å²) in [5.74, 6) is 1.27. The summed E-state index contributed by atoms with van der Waals surface area (Å²) in [5, 5.41) is 1.70. The summed E-state index contributed by atoms with van der Waals surface area (Å²) in [6.07, 6.45) is 2.50. The van der Waals surface area contributed by atoms with Crippen molar-refractivity contribution in [3.63, 3.8) is 0 Å². The number of pyridine rings is 1. The second kappa shape index (κ2) is 7.04. The minimum atomic E-state index is -0.117. The molecule has 0 N–H and O–H groups in total. The number of benzene rings is 2. The molecule has 5 nitrogen and oxygen atoms in total. The van der Waals surface area contributed by atoms with Gasteiger partial charge >= 0.3 is 0 Å². The zero-order chi connectivity index (χ0) is 17.9. The first-order chi connectivity index (χ1) is 12.7. The standard InChI is InChI=1S/C21H20N2O3/c1-23(14-15-6-3-2-4-7-15)21(24)20-17-13-19-18(25-10-5-11-26-19)12-16(17)8-9-22-20/h2-4,6-9,12-13H,5,10-11,14H2,1H3. The van der Waals surface area contributed by atoms with Gasteiger partial charge in [-0.2, -0.15) is 0 Å². The Balaban J connectivity index is 1.69. The van der Waals surface area contributed by atoms with E-state index in [2.05, 4.69) is 4.98 Å². The fourth-order valence-electron chi connectivity index (χ4n) is 3.11. The maximum Gasteiger partial charge on any atom is 0.273 e. The first-order valence-electron chi connectivity index (χ1n) is 8.70. The van der Waals surface area contributed by atoms with Gasteiger partial charge < -0.3 is 14.4 Å². The quantitative estimate of drug-likeness (QED) is 0.725. The van der Waals surface area contributed by atoms with Crippen molar-refractivity contribution in [3.8, 4) is 11.5 Å². The summed E-state index contributed by atoms with van der Waals surface area (Å²) in [6, 6.07) is 15.6. The number of rotatable bonds is 3. The van der Waals surface area contributed by atoms with Gasteiger partial charge in [-0.15, -0.1) is 0 Å². The van der Waals surface area contributed by atoms with E-state index < -0.39 is 0 Å². The highest BCUT2D eigenvalue weighted by atomic mass is 16.5. The average molecular weight is 348 g/mol. The molecular formula is C21H20N2O3. The van der Waals surface area contributed by atoms with Crippen molar-refractivity contribution < 1.29 is 14.3 Å². The first-order valence-corrected chi connectivity index (χ1v) is 8.70. The van der Waals surface area contributed by atoms with Gasteiger partial charge in [0.2, 0.25) is 0 Å². The summed E-state index contributed by atoms with van der Waals surface area (Å²) in [5.41, 5.74) is 1.51. The van der Waals surface area contributed by atoms with Crippen molar-refractivity contribution in [2.45, 2.75) is 13.0 Å². The molecule has 5 heteroatoms.